The number of benzene rings is 2. The number of ketones is 1. The minimum Gasteiger partial charge on any atom is -0.508 e. The summed E-state index contributed by atoms with van der Waals surface area (Å²) in [6, 6.07) is 12.8. The van der Waals surface area contributed by atoms with Gasteiger partial charge < -0.3 is 5.11 Å². The first-order valence-electron chi connectivity index (χ1n) is 6.47. The van der Waals surface area contributed by atoms with Crippen LogP contribution in [0.15, 0.2) is 52.5 Å². The molecule has 1 N–H and O–H groups in total. The Morgan fingerprint density at radius 3 is 2.70 bits per heavy atom. The van der Waals surface area contributed by atoms with E-state index in [9.17, 15) is 9.90 Å². The number of halogens is 1. The number of carbonyl (C=O) groups excluding carboxylic acids is 1. The van der Waals surface area contributed by atoms with E-state index in [4.69, 9.17) is 0 Å². The van der Waals surface area contributed by atoms with Crippen LogP contribution in [0.5, 0.6) is 5.75 Å². The van der Waals surface area contributed by atoms with Gasteiger partial charge in [0.2, 0.25) is 0 Å². The van der Waals surface area contributed by atoms with Crippen molar-refractivity contribution in [3.05, 3.63) is 69.2 Å². The zero-order chi connectivity index (χ0) is 14.1. The SMILES string of the molecule is O=C1/C(=C/c2ccccc2Br)CCc2cc(O)ccc21. The van der Waals surface area contributed by atoms with Gasteiger partial charge >= 0.3 is 0 Å². The van der Waals surface area contributed by atoms with E-state index in [1.165, 1.54) is 0 Å². The summed E-state index contributed by atoms with van der Waals surface area (Å²) in [5, 5.41) is 9.48. The van der Waals surface area contributed by atoms with Crippen LogP contribution in [0.4, 0.5) is 0 Å². The molecule has 0 amide bonds. The highest BCUT2D eigenvalue weighted by Gasteiger charge is 2.22. The van der Waals surface area contributed by atoms with Crippen LogP contribution in [0, 0.1) is 0 Å². The van der Waals surface area contributed by atoms with Crippen molar-refractivity contribution in [2.45, 2.75) is 12.8 Å². The fourth-order valence-electron chi connectivity index (χ4n) is 2.48. The minimum atomic E-state index is 0.0574. The molecular weight excluding hydrogens is 316 g/mol. The summed E-state index contributed by atoms with van der Waals surface area (Å²) >= 11 is 3.50. The number of Topliss-reactive ketones (excluding diaryl/α,β-unsaturated/α-hetero) is 1. The Morgan fingerprint density at radius 2 is 1.90 bits per heavy atom. The van der Waals surface area contributed by atoms with E-state index in [0.29, 0.717) is 12.0 Å². The Bertz CT molecular complexity index is 717. The van der Waals surface area contributed by atoms with Crippen LogP contribution in [-0.2, 0) is 6.42 Å². The zero-order valence-electron chi connectivity index (χ0n) is 10.8. The molecule has 0 spiro atoms. The quantitative estimate of drug-likeness (QED) is 0.789. The largest absolute Gasteiger partial charge is 0.508 e. The normalized spacial score (nSPS) is 16.2. The summed E-state index contributed by atoms with van der Waals surface area (Å²) < 4.78 is 0.983. The number of hydrogen-bond acceptors (Lipinski definition) is 2. The molecule has 0 saturated carbocycles. The maximum Gasteiger partial charge on any atom is 0.189 e. The lowest BCUT2D eigenvalue weighted by Gasteiger charge is -2.17. The molecule has 0 radical (unpaired) electrons. The van der Waals surface area contributed by atoms with Crippen molar-refractivity contribution in [2.24, 2.45) is 0 Å². The maximum atomic E-state index is 12.5. The van der Waals surface area contributed by atoms with E-state index >= 15 is 0 Å². The number of carbonyl (C=O) groups is 1. The molecule has 0 fully saturated rings. The third-order valence-electron chi connectivity index (χ3n) is 3.52. The highest BCUT2D eigenvalue weighted by Crippen LogP contribution is 2.30. The lowest BCUT2D eigenvalue weighted by Crippen LogP contribution is -2.13. The molecule has 0 atom stereocenters. The van der Waals surface area contributed by atoms with E-state index in [2.05, 4.69) is 15.9 Å². The number of phenols is 1. The molecule has 0 unspecified atom stereocenters. The molecule has 0 aromatic heterocycles. The molecule has 0 aliphatic heterocycles. The molecule has 1 aliphatic rings. The van der Waals surface area contributed by atoms with Crippen molar-refractivity contribution < 1.29 is 9.90 Å². The highest BCUT2D eigenvalue weighted by molar-refractivity contribution is 9.10. The first-order valence-corrected chi connectivity index (χ1v) is 7.26. The Labute approximate surface area is 125 Å². The average molecular weight is 329 g/mol. The van der Waals surface area contributed by atoms with Gasteiger partial charge in [-0.15, -0.1) is 0 Å². The van der Waals surface area contributed by atoms with Crippen LogP contribution in [0.3, 0.4) is 0 Å². The number of fused-ring (bicyclic) bond motifs is 1. The third kappa shape index (κ3) is 2.41. The predicted octanol–water partition coefficient (Wildman–Crippen LogP) is 4.37. The van der Waals surface area contributed by atoms with E-state index in [1.807, 2.05) is 30.3 Å². The second-order valence-electron chi connectivity index (χ2n) is 4.86. The Morgan fingerprint density at radius 1 is 1.10 bits per heavy atom. The molecule has 2 nitrogen and oxygen atoms in total. The van der Waals surface area contributed by atoms with Gasteiger partial charge in [0, 0.05) is 15.6 Å². The van der Waals surface area contributed by atoms with E-state index in [0.717, 1.165) is 27.6 Å². The summed E-state index contributed by atoms with van der Waals surface area (Å²) in [6.07, 6.45) is 3.44. The third-order valence-corrected chi connectivity index (χ3v) is 4.25. The van der Waals surface area contributed by atoms with Crippen molar-refractivity contribution in [1.29, 1.82) is 0 Å². The van der Waals surface area contributed by atoms with Gasteiger partial charge in [0.25, 0.3) is 0 Å². The molecule has 3 rings (SSSR count). The predicted molar refractivity (Wildman–Crippen MR) is 82.9 cm³/mol. The monoisotopic (exact) mass is 328 g/mol. The second-order valence-corrected chi connectivity index (χ2v) is 5.72. The van der Waals surface area contributed by atoms with E-state index in [-0.39, 0.29) is 11.5 Å². The van der Waals surface area contributed by atoms with Gasteiger partial charge in [-0.25, -0.2) is 0 Å². The van der Waals surface area contributed by atoms with Gasteiger partial charge in [0.15, 0.2) is 5.78 Å². The van der Waals surface area contributed by atoms with Crippen LogP contribution in [0.25, 0.3) is 6.08 Å². The molecule has 2 aromatic carbocycles. The van der Waals surface area contributed by atoms with E-state index < -0.39 is 0 Å². The van der Waals surface area contributed by atoms with Crippen molar-refractivity contribution in [3.63, 3.8) is 0 Å². The number of rotatable bonds is 1. The van der Waals surface area contributed by atoms with Crippen LogP contribution in [0.1, 0.15) is 27.9 Å². The summed E-state index contributed by atoms with van der Waals surface area (Å²) in [5.74, 6) is 0.275. The van der Waals surface area contributed by atoms with Gasteiger partial charge in [-0.05, 0) is 54.3 Å². The molecule has 3 heteroatoms. The van der Waals surface area contributed by atoms with Crippen LogP contribution in [-0.4, -0.2) is 10.9 Å². The fourth-order valence-corrected chi connectivity index (χ4v) is 2.88. The molecule has 0 saturated heterocycles. The molecular formula is C17H13BrO2. The lowest BCUT2D eigenvalue weighted by atomic mass is 9.86. The maximum absolute atomic E-state index is 12.5. The van der Waals surface area contributed by atoms with Crippen molar-refractivity contribution >= 4 is 27.8 Å². The number of aryl methyl sites for hydroxylation is 1. The Balaban J connectivity index is 2.00. The number of phenolic OH excluding ortho intramolecular Hbond substituents is 1. The second kappa shape index (κ2) is 5.25. The van der Waals surface area contributed by atoms with Crippen LogP contribution < -0.4 is 0 Å². The highest BCUT2D eigenvalue weighted by atomic mass is 79.9. The van der Waals surface area contributed by atoms with Gasteiger partial charge in [-0.2, -0.15) is 0 Å². The summed E-state index contributed by atoms with van der Waals surface area (Å²) in [4.78, 5) is 12.5. The van der Waals surface area contributed by atoms with Gasteiger partial charge in [0.05, 0.1) is 0 Å². The lowest BCUT2D eigenvalue weighted by molar-refractivity contribution is 0.102. The van der Waals surface area contributed by atoms with Crippen molar-refractivity contribution in [3.8, 4) is 5.75 Å². The van der Waals surface area contributed by atoms with Crippen LogP contribution in [0.2, 0.25) is 0 Å². The topological polar surface area (TPSA) is 37.3 Å². The average Bonchev–Trinajstić information content (AvgIpc) is 2.44. The first kappa shape index (κ1) is 13.1. The molecule has 20 heavy (non-hydrogen) atoms. The number of allylic oxidation sites excluding steroid dienone is 1. The summed E-state index contributed by atoms with van der Waals surface area (Å²) in [5.41, 5.74) is 3.46. The molecule has 100 valence electrons. The van der Waals surface area contributed by atoms with E-state index in [1.54, 1.807) is 18.2 Å². The van der Waals surface area contributed by atoms with Crippen molar-refractivity contribution in [1.82, 2.24) is 0 Å². The molecule has 2 aromatic rings. The summed E-state index contributed by atoms with van der Waals surface area (Å²) in [7, 11) is 0. The van der Waals surface area contributed by atoms with Crippen molar-refractivity contribution in [2.75, 3.05) is 0 Å². The summed E-state index contributed by atoms with van der Waals surface area (Å²) in [6.45, 7) is 0. The standard InChI is InChI=1S/C17H13BrO2/c18-16-4-2-1-3-12(16)9-13-6-5-11-10-14(19)7-8-15(11)17(13)20/h1-4,7-10,19H,5-6H2/b13-9+. The number of aromatic hydroxyl groups is 1. The van der Waals surface area contributed by atoms with Gasteiger partial charge in [-0.3, -0.25) is 4.79 Å². The number of hydrogen-bond donors (Lipinski definition) is 1. The van der Waals surface area contributed by atoms with Crippen LogP contribution >= 0.6 is 15.9 Å². The molecule has 1 aliphatic carbocycles. The molecule has 0 bridgehead atoms. The Kier molecular flexibility index (Phi) is 3.45. The minimum absolute atomic E-state index is 0.0574. The first-order chi connectivity index (χ1) is 9.65. The smallest absolute Gasteiger partial charge is 0.189 e. The van der Waals surface area contributed by atoms with Gasteiger partial charge in [-0.1, -0.05) is 34.1 Å². The van der Waals surface area contributed by atoms with Gasteiger partial charge in [0.1, 0.15) is 5.75 Å². The molecule has 0 heterocycles. The zero-order valence-corrected chi connectivity index (χ0v) is 12.4. The Hall–Kier alpha value is -1.87. The fraction of sp³-hybridized carbons (Fsp3) is 0.118.